The van der Waals surface area contributed by atoms with Crippen molar-refractivity contribution in [3.63, 3.8) is 0 Å². The van der Waals surface area contributed by atoms with E-state index in [9.17, 15) is 4.39 Å². The first-order chi connectivity index (χ1) is 7.76. The average molecular weight is 243 g/mol. The fourth-order valence-corrected chi connectivity index (χ4v) is 2.12. The molecule has 0 N–H and O–H groups in total. The zero-order valence-corrected chi connectivity index (χ0v) is 10.2. The number of hydrogen-bond donors (Lipinski definition) is 0. The lowest BCUT2D eigenvalue weighted by molar-refractivity contribution is 0.617. The van der Waals surface area contributed by atoms with Gasteiger partial charge in [-0.05, 0) is 25.3 Å². The van der Waals surface area contributed by atoms with Crippen molar-refractivity contribution in [1.29, 1.82) is 0 Å². The molecule has 2 rings (SSSR count). The highest BCUT2D eigenvalue weighted by Crippen LogP contribution is 2.33. The highest BCUT2D eigenvalue weighted by Gasteiger charge is 2.30. The van der Waals surface area contributed by atoms with Gasteiger partial charge >= 0.3 is 0 Å². The Bertz CT molecular complexity index is 366. The molecule has 4 heteroatoms. The molecule has 0 saturated heterocycles. The summed E-state index contributed by atoms with van der Waals surface area (Å²) in [5.74, 6) is 0.861. The van der Waals surface area contributed by atoms with Crippen LogP contribution in [0.2, 0.25) is 0 Å². The highest BCUT2D eigenvalue weighted by atomic mass is 35.5. The smallest absolute Gasteiger partial charge is 0.141 e. The van der Waals surface area contributed by atoms with Gasteiger partial charge in [0.25, 0.3) is 0 Å². The van der Waals surface area contributed by atoms with Gasteiger partial charge in [0, 0.05) is 18.2 Å². The second kappa shape index (κ2) is 5.00. The Morgan fingerprint density at radius 1 is 1.56 bits per heavy atom. The van der Waals surface area contributed by atoms with Gasteiger partial charge in [0.15, 0.2) is 0 Å². The van der Waals surface area contributed by atoms with Crippen molar-refractivity contribution >= 4 is 17.4 Å². The first-order valence-electron chi connectivity index (χ1n) is 5.73. The normalized spacial score (nSPS) is 15.2. The average Bonchev–Trinajstić information content (AvgIpc) is 3.10. The SMILES string of the molecule is CCCN(c1ncc(F)cc1CCl)C1CC1. The Labute approximate surface area is 100 Å². The lowest BCUT2D eigenvalue weighted by Crippen LogP contribution is -2.28. The predicted octanol–water partition coefficient (Wildman–Crippen LogP) is 3.34. The van der Waals surface area contributed by atoms with E-state index >= 15 is 0 Å². The Morgan fingerprint density at radius 2 is 2.31 bits per heavy atom. The lowest BCUT2D eigenvalue weighted by atomic mass is 10.2. The second-order valence-corrected chi connectivity index (χ2v) is 4.46. The van der Waals surface area contributed by atoms with Crippen molar-refractivity contribution in [2.24, 2.45) is 0 Å². The molecule has 0 amide bonds. The molecule has 0 radical (unpaired) electrons. The van der Waals surface area contributed by atoms with Crippen LogP contribution >= 0.6 is 11.6 Å². The van der Waals surface area contributed by atoms with E-state index in [0.29, 0.717) is 11.9 Å². The molecule has 1 aromatic rings. The summed E-state index contributed by atoms with van der Waals surface area (Å²) in [6.07, 6.45) is 4.76. The summed E-state index contributed by atoms with van der Waals surface area (Å²) in [4.78, 5) is 6.46. The number of nitrogens with zero attached hydrogens (tertiary/aromatic N) is 2. The van der Waals surface area contributed by atoms with E-state index in [-0.39, 0.29) is 5.82 Å². The fraction of sp³-hybridized carbons (Fsp3) is 0.583. The number of hydrogen-bond acceptors (Lipinski definition) is 2. The van der Waals surface area contributed by atoms with Crippen LogP contribution in [0.5, 0.6) is 0 Å². The van der Waals surface area contributed by atoms with Crippen LogP contribution in [0, 0.1) is 5.82 Å². The van der Waals surface area contributed by atoms with Gasteiger partial charge in [-0.1, -0.05) is 6.92 Å². The van der Waals surface area contributed by atoms with E-state index in [1.807, 2.05) is 0 Å². The van der Waals surface area contributed by atoms with Crippen molar-refractivity contribution in [3.05, 3.63) is 23.6 Å². The molecule has 1 aromatic heterocycles. The highest BCUT2D eigenvalue weighted by molar-refractivity contribution is 6.17. The number of aromatic nitrogens is 1. The van der Waals surface area contributed by atoms with Crippen LogP contribution in [0.3, 0.4) is 0 Å². The Kier molecular flexibility index (Phi) is 3.64. The molecule has 16 heavy (non-hydrogen) atoms. The third kappa shape index (κ3) is 2.46. The van der Waals surface area contributed by atoms with Crippen molar-refractivity contribution < 1.29 is 4.39 Å². The summed E-state index contributed by atoms with van der Waals surface area (Å²) in [5.41, 5.74) is 0.794. The summed E-state index contributed by atoms with van der Waals surface area (Å²) in [7, 11) is 0. The van der Waals surface area contributed by atoms with Crippen LogP contribution < -0.4 is 4.90 Å². The lowest BCUT2D eigenvalue weighted by Gasteiger charge is -2.24. The Hall–Kier alpha value is -0.830. The minimum atomic E-state index is -0.313. The van der Waals surface area contributed by atoms with Crippen LogP contribution in [-0.2, 0) is 5.88 Å². The molecule has 0 aromatic carbocycles. The molecule has 1 aliphatic rings. The van der Waals surface area contributed by atoms with Gasteiger partial charge in [0.05, 0.1) is 12.1 Å². The standard InChI is InChI=1S/C12H16ClFN2/c1-2-5-16(11-3-4-11)12-9(7-13)6-10(14)8-15-12/h6,8,11H,2-5,7H2,1H3. The third-order valence-corrected chi connectivity index (χ3v) is 3.07. The Balaban J connectivity index is 2.28. The van der Waals surface area contributed by atoms with Gasteiger partial charge in [0.1, 0.15) is 11.6 Å². The van der Waals surface area contributed by atoms with Crippen LogP contribution in [0.15, 0.2) is 12.3 Å². The first kappa shape index (κ1) is 11.6. The largest absolute Gasteiger partial charge is 0.353 e. The monoisotopic (exact) mass is 242 g/mol. The maximum Gasteiger partial charge on any atom is 0.141 e. The first-order valence-corrected chi connectivity index (χ1v) is 6.26. The number of rotatable bonds is 5. The van der Waals surface area contributed by atoms with Crippen LogP contribution in [0.4, 0.5) is 10.2 Å². The predicted molar refractivity (Wildman–Crippen MR) is 64.4 cm³/mol. The molecule has 0 unspecified atom stereocenters. The van der Waals surface area contributed by atoms with E-state index in [2.05, 4.69) is 16.8 Å². The summed E-state index contributed by atoms with van der Waals surface area (Å²) in [5, 5.41) is 0. The van der Waals surface area contributed by atoms with Crippen LogP contribution in [-0.4, -0.2) is 17.6 Å². The number of alkyl halides is 1. The van der Waals surface area contributed by atoms with Crippen LogP contribution in [0.25, 0.3) is 0 Å². The summed E-state index contributed by atoms with van der Waals surface area (Å²) >= 11 is 5.84. The fourth-order valence-electron chi connectivity index (χ4n) is 1.92. The van der Waals surface area contributed by atoms with E-state index in [1.165, 1.54) is 25.1 Å². The molecule has 0 bridgehead atoms. The molecule has 0 aliphatic heterocycles. The van der Waals surface area contributed by atoms with Crippen molar-refractivity contribution in [2.75, 3.05) is 11.4 Å². The Morgan fingerprint density at radius 3 is 2.88 bits per heavy atom. The zero-order valence-electron chi connectivity index (χ0n) is 9.42. The number of halogens is 2. The summed E-state index contributed by atoms with van der Waals surface area (Å²) in [6, 6.07) is 2.07. The van der Waals surface area contributed by atoms with Gasteiger partial charge in [-0.15, -0.1) is 11.6 Å². The van der Waals surface area contributed by atoms with Gasteiger partial charge in [-0.2, -0.15) is 0 Å². The minimum absolute atomic E-state index is 0.313. The molecule has 0 spiro atoms. The molecule has 1 saturated carbocycles. The molecule has 1 heterocycles. The van der Waals surface area contributed by atoms with Gasteiger partial charge < -0.3 is 4.90 Å². The quantitative estimate of drug-likeness (QED) is 0.737. The minimum Gasteiger partial charge on any atom is -0.353 e. The third-order valence-electron chi connectivity index (χ3n) is 2.78. The van der Waals surface area contributed by atoms with Gasteiger partial charge in [-0.25, -0.2) is 9.37 Å². The summed E-state index contributed by atoms with van der Waals surface area (Å²) < 4.78 is 13.1. The van der Waals surface area contributed by atoms with Crippen molar-refractivity contribution in [3.8, 4) is 0 Å². The maximum atomic E-state index is 13.1. The molecule has 0 atom stereocenters. The summed E-state index contributed by atoms with van der Waals surface area (Å²) in [6.45, 7) is 3.10. The topological polar surface area (TPSA) is 16.1 Å². The van der Waals surface area contributed by atoms with E-state index in [4.69, 9.17) is 11.6 Å². The van der Waals surface area contributed by atoms with Gasteiger partial charge in [0.2, 0.25) is 0 Å². The zero-order chi connectivity index (χ0) is 11.5. The van der Waals surface area contributed by atoms with E-state index < -0.39 is 0 Å². The molecule has 88 valence electrons. The van der Waals surface area contributed by atoms with Gasteiger partial charge in [-0.3, -0.25) is 0 Å². The van der Waals surface area contributed by atoms with E-state index in [1.54, 1.807) is 0 Å². The van der Waals surface area contributed by atoms with E-state index in [0.717, 1.165) is 24.3 Å². The molecular formula is C12H16ClFN2. The number of pyridine rings is 1. The molecule has 1 fully saturated rings. The van der Waals surface area contributed by atoms with Crippen LogP contribution in [0.1, 0.15) is 31.7 Å². The molecular weight excluding hydrogens is 227 g/mol. The molecule has 2 nitrogen and oxygen atoms in total. The maximum absolute atomic E-state index is 13.1. The molecule has 1 aliphatic carbocycles. The number of anilines is 1. The second-order valence-electron chi connectivity index (χ2n) is 4.19. The van der Waals surface area contributed by atoms with Crippen molar-refractivity contribution in [2.45, 2.75) is 38.1 Å². The van der Waals surface area contributed by atoms with Crippen molar-refractivity contribution in [1.82, 2.24) is 4.98 Å².